The van der Waals surface area contributed by atoms with Crippen LogP contribution in [0.1, 0.15) is 24.8 Å². The van der Waals surface area contributed by atoms with Gasteiger partial charge >= 0.3 is 0 Å². The Morgan fingerprint density at radius 1 is 1.15 bits per heavy atom. The van der Waals surface area contributed by atoms with E-state index in [4.69, 9.17) is 0 Å². The molecule has 4 heteroatoms. The number of β-amino-alcohol motifs (C(OH)–C–C–N with tert-alkyl or cyclic N) is 1. The lowest BCUT2D eigenvalue weighted by atomic mass is 10.0. The average molecular weight is 274 g/mol. The van der Waals surface area contributed by atoms with Crippen molar-refractivity contribution in [3.05, 3.63) is 35.9 Å². The van der Waals surface area contributed by atoms with Crippen molar-refractivity contribution in [1.29, 1.82) is 0 Å². The number of rotatable bonds is 3. The van der Waals surface area contributed by atoms with E-state index in [1.807, 2.05) is 11.0 Å². The fraction of sp³-hybridized carbons (Fsp3) is 0.562. The number of aliphatic hydroxyl groups excluding tert-OH is 1. The molecule has 0 spiro atoms. The van der Waals surface area contributed by atoms with E-state index in [0.717, 1.165) is 32.5 Å². The Kier molecular flexibility index (Phi) is 4.03. The third-order valence-electron chi connectivity index (χ3n) is 4.38. The lowest BCUT2D eigenvalue weighted by Gasteiger charge is -2.36. The molecule has 1 aromatic rings. The van der Waals surface area contributed by atoms with Gasteiger partial charge < -0.3 is 10.0 Å². The monoisotopic (exact) mass is 274 g/mol. The highest BCUT2D eigenvalue weighted by molar-refractivity contribution is 5.79. The van der Waals surface area contributed by atoms with Crippen molar-refractivity contribution in [2.45, 2.75) is 38.0 Å². The minimum absolute atomic E-state index is 0.124. The van der Waals surface area contributed by atoms with Gasteiger partial charge in [0.15, 0.2) is 0 Å². The van der Waals surface area contributed by atoms with E-state index < -0.39 is 6.10 Å². The topological polar surface area (TPSA) is 43.8 Å². The molecule has 2 aliphatic rings. The van der Waals surface area contributed by atoms with Crippen LogP contribution in [0.25, 0.3) is 0 Å². The molecule has 2 heterocycles. The van der Waals surface area contributed by atoms with Crippen LogP contribution < -0.4 is 0 Å². The molecule has 0 aromatic heterocycles. The zero-order chi connectivity index (χ0) is 13.9. The molecular weight excluding hydrogens is 252 g/mol. The zero-order valence-electron chi connectivity index (χ0n) is 11.7. The number of carbonyl (C=O) groups is 1. The Bertz CT molecular complexity index is 455. The minimum Gasteiger partial charge on any atom is -0.391 e. The molecule has 1 amide bonds. The van der Waals surface area contributed by atoms with Gasteiger partial charge in [0.25, 0.3) is 0 Å². The predicted molar refractivity (Wildman–Crippen MR) is 77.1 cm³/mol. The number of likely N-dealkylation sites (tertiary alicyclic amines) is 2. The van der Waals surface area contributed by atoms with E-state index in [1.54, 1.807) is 0 Å². The Morgan fingerprint density at radius 3 is 2.45 bits per heavy atom. The SMILES string of the molecule is O=C1CC(O)CN1C1CCN(Cc2ccccc2)CC1. The summed E-state index contributed by atoms with van der Waals surface area (Å²) in [5.74, 6) is 0.124. The van der Waals surface area contributed by atoms with Crippen molar-refractivity contribution in [1.82, 2.24) is 9.80 Å². The van der Waals surface area contributed by atoms with E-state index in [9.17, 15) is 9.90 Å². The van der Waals surface area contributed by atoms with Gasteiger partial charge in [0, 0.05) is 32.2 Å². The molecule has 0 saturated carbocycles. The van der Waals surface area contributed by atoms with Gasteiger partial charge in [-0.05, 0) is 18.4 Å². The third-order valence-corrected chi connectivity index (χ3v) is 4.38. The molecule has 1 N–H and O–H groups in total. The van der Waals surface area contributed by atoms with Crippen molar-refractivity contribution in [3.63, 3.8) is 0 Å². The number of benzene rings is 1. The van der Waals surface area contributed by atoms with E-state index in [1.165, 1.54) is 5.56 Å². The molecule has 3 rings (SSSR count). The van der Waals surface area contributed by atoms with Crippen LogP contribution in [0.3, 0.4) is 0 Å². The summed E-state index contributed by atoms with van der Waals surface area (Å²) in [4.78, 5) is 16.1. The molecule has 1 atom stereocenters. The maximum Gasteiger partial charge on any atom is 0.225 e. The van der Waals surface area contributed by atoms with Gasteiger partial charge in [-0.25, -0.2) is 0 Å². The van der Waals surface area contributed by atoms with Crippen molar-refractivity contribution < 1.29 is 9.90 Å². The summed E-state index contributed by atoms with van der Waals surface area (Å²) in [6, 6.07) is 10.8. The Morgan fingerprint density at radius 2 is 1.85 bits per heavy atom. The smallest absolute Gasteiger partial charge is 0.225 e. The Hall–Kier alpha value is -1.39. The predicted octanol–water partition coefficient (Wildman–Crippen LogP) is 1.24. The van der Waals surface area contributed by atoms with E-state index in [2.05, 4.69) is 29.2 Å². The van der Waals surface area contributed by atoms with Crippen LogP contribution in [0.4, 0.5) is 0 Å². The highest BCUT2D eigenvalue weighted by Crippen LogP contribution is 2.23. The van der Waals surface area contributed by atoms with Gasteiger partial charge in [-0.3, -0.25) is 9.69 Å². The highest BCUT2D eigenvalue weighted by atomic mass is 16.3. The van der Waals surface area contributed by atoms with Crippen LogP contribution in [0.15, 0.2) is 30.3 Å². The summed E-state index contributed by atoms with van der Waals surface area (Å²) < 4.78 is 0. The van der Waals surface area contributed by atoms with Gasteiger partial charge in [-0.15, -0.1) is 0 Å². The first kappa shape index (κ1) is 13.6. The molecule has 20 heavy (non-hydrogen) atoms. The number of carbonyl (C=O) groups excluding carboxylic acids is 1. The third kappa shape index (κ3) is 3.02. The number of aliphatic hydroxyl groups is 1. The minimum atomic E-state index is -0.454. The lowest BCUT2D eigenvalue weighted by molar-refractivity contribution is -0.130. The molecule has 0 aliphatic carbocycles. The lowest BCUT2D eigenvalue weighted by Crippen LogP contribution is -2.45. The maximum atomic E-state index is 11.8. The molecule has 108 valence electrons. The van der Waals surface area contributed by atoms with Crippen molar-refractivity contribution >= 4 is 5.91 Å². The molecule has 2 aliphatic heterocycles. The fourth-order valence-corrected chi connectivity index (χ4v) is 3.30. The molecule has 0 radical (unpaired) electrons. The molecule has 1 unspecified atom stereocenters. The van der Waals surface area contributed by atoms with Gasteiger partial charge in [0.1, 0.15) is 0 Å². The maximum absolute atomic E-state index is 11.8. The van der Waals surface area contributed by atoms with Crippen LogP contribution >= 0.6 is 0 Å². The second-order valence-electron chi connectivity index (χ2n) is 5.90. The molecule has 2 fully saturated rings. The van der Waals surface area contributed by atoms with Gasteiger partial charge in [-0.1, -0.05) is 30.3 Å². The molecule has 4 nitrogen and oxygen atoms in total. The Balaban J connectivity index is 1.51. The first-order chi connectivity index (χ1) is 9.72. The summed E-state index contributed by atoms with van der Waals surface area (Å²) in [5.41, 5.74) is 1.35. The van der Waals surface area contributed by atoms with Gasteiger partial charge in [-0.2, -0.15) is 0 Å². The second-order valence-corrected chi connectivity index (χ2v) is 5.90. The number of piperidine rings is 1. The summed E-state index contributed by atoms with van der Waals surface area (Å²) in [7, 11) is 0. The molecule has 1 aromatic carbocycles. The second kappa shape index (κ2) is 5.94. The normalized spacial score (nSPS) is 25.4. The first-order valence-electron chi connectivity index (χ1n) is 7.46. The van der Waals surface area contributed by atoms with Gasteiger partial charge in [0.05, 0.1) is 12.5 Å². The summed E-state index contributed by atoms with van der Waals surface area (Å²) >= 11 is 0. The van der Waals surface area contributed by atoms with Crippen molar-refractivity contribution in [2.75, 3.05) is 19.6 Å². The van der Waals surface area contributed by atoms with Crippen molar-refractivity contribution in [3.8, 4) is 0 Å². The fourth-order valence-electron chi connectivity index (χ4n) is 3.30. The summed E-state index contributed by atoms with van der Waals surface area (Å²) in [6.45, 7) is 3.57. The van der Waals surface area contributed by atoms with Crippen LogP contribution in [-0.2, 0) is 11.3 Å². The van der Waals surface area contributed by atoms with E-state index in [0.29, 0.717) is 19.0 Å². The largest absolute Gasteiger partial charge is 0.391 e. The average Bonchev–Trinajstić information content (AvgIpc) is 2.80. The number of amides is 1. The van der Waals surface area contributed by atoms with Crippen LogP contribution in [0.2, 0.25) is 0 Å². The van der Waals surface area contributed by atoms with Crippen LogP contribution in [-0.4, -0.2) is 52.6 Å². The number of hydrogen-bond acceptors (Lipinski definition) is 3. The summed E-state index contributed by atoms with van der Waals surface area (Å²) in [6.07, 6.45) is 1.89. The molecule has 0 bridgehead atoms. The first-order valence-corrected chi connectivity index (χ1v) is 7.46. The quantitative estimate of drug-likeness (QED) is 0.902. The highest BCUT2D eigenvalue weighted by Gasteiger charge is 2.34. The Labute approximate surface area is 120 Å². The number of nitrogens with zero attached hydrogens (tertiary/aromatic N) is 2. The van der Waals surface area contributed by atoms with E-state index in [-0.39, 0.29) is 5.91 Å². The van der Waals surface area contributed by atoms with Crippen molar-refractivity contribution in [2.24, 2.45) is 0 Å². The van der Waals surface area contributed by atoms with Crippen LogP contribution in [0.5, 0.6) is 0 Å². The van der Waals surface area contributed by atoms with Gasteiger partial charge in [0.2, 0.25) is 5.91 Å². The zero-order valence-corrected chi connectivity index (χ0v) is 11.7. The standard InChI is InChI=1S/C16H22N2O2/c19-15-10-16(20)18(12-15)14-6-8-17(9-7-14)11-13-4-2-1-3-5-13/h1-5,14-15,19H,6-12H2. The molecule has 2 saturated heterocycles. The summed E-state index contributed by atoms with van der Waals surface area (Å²) in [5, 5.41) is 9.57. The van der Waals surface area contributed by atoms with E-state index >= 15 is 0 Å². The number of hydrogen-bond donors (Lipinski definition) is 1. The molecular formula is C16H22N2O2. The van der Waals surface area contributed by atoms with Crippen LogP contribution in [0, 0.1) is 0 Å².